The van der Waals surface area contributed by atoms with E-state index in [0.29, 0.717) is 13.1 Å². The molecular formula is C18H24IN3O. The van der Waals surface area contributed by atoms with Crippen LogP contribution in [-0.4, -0.2) is 25.6 Å². The van der Waals surface area contributed by atoms with Crippen molar-refractivity contribution in [2.45, 2.75) is 12.8 Å². The molecule has 2 N–H and O–H groups in total. The summed E-state index contributed by atoms with van der Waals surface area (Å²) in [7, 11) is 0. The lowest BCUT2D eigenvalue weighted by atomic mass is 10.1. The summed E-state index contributed by atoms with van der Waals surface area (Å²) in [5, 5.41) is 6.57. The average Bonchev–Trinajstić information content (AvgIpc) is 3.06. The zero-order chi connectivity index (χ0) is 15.5. The first-order chi connectivity index (χ1) is 10.9. The molecule has 1 aromatic heterocycles. The normalized spacial score (nSPS) is 10.7. The van der Waals surface area contributed by atoms with Gasteiger partial charge in [-0.05, 0) is 24.1 Å². The number of halogens is 1. The molecule has 2 rings (SSSR count). The van der Waals surface area contributed by atoms with Gasteiger partial charge in [-0.15, -0.1) is 30.6 Å². The fourth-order valence-corrected chi connectivity index (χ4v) is 2.05. The van der Waals surface area contributed by atoms with Crippen LogP contribution in [-0.2, 0) is 12.8 Å². The van der Waals surface area contributed by atoms with Crippen LogP contribution >= 0.6 is 24.0 Å². The van der Waals surface area contributed by atoms with Crippen molar-refractivity contribution in [2.24, 2.45) is 4.99 Å². The molecule has 0 saturated heterocycles. The Hall–Kier alpha value is -1.76. The molecule has 0 amide bonds. The Morgan fingerprint density at radius 1 is 1.09 bits per heavy atom. The largest absolute Gasteiger partial charge is 0.469 e. The highest BCUT2D eigenvalue weighted by Crippen LogP contribution is 2.01. The number of hydrogen-bond acceptors (Lipinski definition) is 2. The molecule has 0 radical (unpaired) electrons. The molecule has 0 spiro atoms. The van der Waals surface area contributed by atoms with Gasteiger partial charge in [0, 0.05) is 26.1 Å². The Labute approximate surface area is 155 Å². The van der Waals surface area contributed by atoms with Gasteiger partial charge in [-0.25, -0.2) is 0 Å². The van der Waals surface area contributed by atoms with Gasteiger partial charge in [0.25, 0.3) is 0 Å². The lowest BCUT2D eigenvalue weighted by Crippen LogP contribution is -2.38. The van der Waals surface area contributed by atoms with E-state index in [4.69, 9.17) is 4.42 Å². The maximum Gasteiger partial charge on any atom is 0.191 e. The van der Waals surface area contributed by atoms with Crippen LogP contribution in [0.4, 0.5) is 0 Å². The van der Waals surface area contributed by atoms with Crippen LogP contribution in [0.1, 0.15) is 11.3 Å². The zero-order valence-electron chi connectivity index (χ0n) is 13.2. The van der Waals surface area contributed by atoms with E-state index < -0.39 is 0 Å². The summed E-state index contributed by atoms with van der Waals surface area (Å²) >= 11 is 0. The van der Waals surface area contributed by atoms with Crippen LogP contribution in [0.2, 0.25) is 0 Å². The predicted octanol–water partition coefficient (Wildman–Crippen LogP) is 3.40. The van der Waals surface area contributed by atoms with Gasteiger partial charge in [0.2, 0.25) is 0 Å². The van der Waals surface area contributed by atoms with Crippen molar-refractivity contribution >= 4 is 29.9 Å². The zero-order valence-corrected chi connectivity index (χ0v) is 15.5. The Morgan fingerprint density at radius 3 is 2.61 bits per heavy atom. The molecule has 23 heavy (non-hydrogen) atoms. The third-order valence-electron chi connectivity index (χ3n) is 3.17. The first kappa shape index (κ1) is 19.3. The summed E-state index contributed by atoms with van der Waals surface area (Å²) in [6, 6.07) is 14.3. The third kappa shape index (κ3) is 7.88. The predicted molar refractivity (Wildman–Crippen MR) is 106 cm³/mol. The Kier molecular flexibility index (Phi) is 9.86. The van der Waals surface area contributed by atoms with E-state index in [1.165, 1.54) is 5.56 Å². The molecule has 5 heteroatoms. The lowest BCUT2D eigenvalue weighted by molar-refractivity contribution is 0.510. The van der Waals surface area contributed by atoms with Gasteiger partial charge in [-0.3, -0.25) is 4.99 Å². The van der Waals surface area contributed by atoms with E-state index in [9.17, 15) is 0 Å². The van der Waals surface area contributed by atoms with Crippen molar-refractivity contribution in [3.63, 3.8) is 0 Å². The van der Waals surface area contributed by atoms with Crippen LogP contribution < -0.4 is 10.6 Å². The van der Waals surface area contributed by atoms with E-state index in [1.807, 2.05) is 24.3 Å². The van der Waals surface area contributed by atoms with Crippen LogP contribution in [0.5, 0.6) is 0 Å². The first-order valence-electron chi connectivity index (χ1n) is 7.58. The van der Waals surface area contributed by atoms with Crippen LogP contribution in [0.15, 0.2) is 70.8 Å². The summed E-state index contributed by atoms with van der Waals surface area (Å²) in [5.74, 6) is 1.76. The van der Waals surface area contributed by atoms with Crippen molar-refractivity contribution < 1.29 is 4.42 Å². The summed E-state index contributed by atoms with van der Waals surface area (Å²) in [4.78, 5) is 4.55. The fraction of sp³-hybridized carbons (Fsp3) is 0.278. The Morgan fingerprint density at radius 2 is 1.91 bits per heavy atom. The van der Waals surface area contributed by atoms with Gasteiger partial charge in [-0.1, -0.05) is 36.4 Å². The molecule has 0 fully saturated rings. The number of nitrogens with zero attached hydrogens (tertiary/aromatic N) is 1. The highest BCUT2D eigenvalue weighted by atomic mass is 127. The SMILES string of the molecule is C=CCNC(=NCCc1ccco1)NCCc1ccccc1.I. The van der Waals surface area contributed by atoms with Crippen molar-refractivity contribution in [1.82, 2.24) is 10.6 Å². The number of aliphatic imine (C=N–C) groups is 1. The minimum absolute atomic E-state index is 0. The molecule has 0 atom stereocenters. The molecule has 1 heterocycles. The minimum atomic E-state index is 0. The number of furan rings is 1. The lowest BCUT2D eigenvalue weighted by Gasteiger charge is -2.11. The maximum absolute atomic E-state index is 5.31. The van der Waals surface area contributed by atoms with Gasteiger partial charge < -0.3 is 15.1 Å². The smallest absolute Gasteiger partial charge is 0.191 e. The van der Waals surface area contributed by atoms with Gasteiger partial charge in [0.05, 0.1) is 6.26 Å². The molecule has 0 aliphatic rings. The topological polar surface area (TPSA) is 49.6 Å². The highest BCUT2D eigenvalue weighted by Gasteiger charge is 1.99. The Balaban J connectivity index is 0.00000264. The van der Waals surface area contributed by atoms with Crippen molar-refractivity contribution in [2.75, 3.05) is 19.6 Å². The van der Waals surface area contributed by atoms with Gasteiger partial charge >= 0.3 is 0 Å². The van der Waals surface area contributed by atoms with Crippen LogP contribution in [0.25, 0.3) is 0 Å². The van der Waals surface area contributed by atoms with Crippen molar-refractivity contribution in [1.29, 1.82) is 0 Å². The first-order valence-corrected chi connectivity index (χ1v) is 7.58. The standard InChI is InChI=1S/C18H23N3O.HI/c1-2-12-19-18(21-14-11-17-9-6-15-22-17)20-13-10-16-7-4-3-5-8-16;/h2-9,15H,1,10-14H2,(H2,19,20,21);1H. The molecule has 124 valence electrons. The molecule has 0 aliphatic heterocycles. The molecule has 2 aromatic rings. The fourth-order valence-electron chi connectivity index (χ4n) is 2.05. The van der Waals surface area contributed by atoms with E-state index in [-0.39, 0.29) is 24.0 Å². The molecule has 0 saturated carbocycles. The number of hydrogen-bond donors (Lipinski definition) is 2. The second kappa shape index (κ2) is 11.8. The average molecular weight is 425 g/mol. The van der Waals surface area contributed by atoms with Gasteiger partial charge in [-0.2, -0.15) is 0 Å². The van der Waals surface area contributed by atoms with E-state index in [2.05, 4.69) is 46.5 Å². The second-order valence-electron chi connectivity index (χ2n) is 4.89. The minimum Gasteiger partial charge on any atom is -0.469 e. The Bertz CT molecular complexity index is 567. The third-order valence-corrected chi connectivity index (χ3v) is 3.17. The van der Waals surface area contributed by atoms with Crippen molar-refractivity contribution in [3.8, 4) is 0 Å². The number of rotatable bonds is 8. The number of benzene rings is 1. The van der Waals surface area contributed by atoms with Crippen LogP contribution in [0, 0.1) is 0 Å². The summed E-state index contributed by atoms with van der Waals surface area (Å²) in [5.41, 5.74) is 1.31. The van der Waals surface area contributed by atoms with E-state index in [1.54, 1.807) is 6.26 Å². The van der Waals surface area contributed by atoms with E-state index in [0.717, 1.165) is 31.1 Å². The second-order valence-corrected chi connectivity index (χ2v) is 4.89. The summed E-state index contributed by atoms with van der Waals surface area (Å²) in [6.07, 6.45) is 5.27. The molecule has 4 nitrogen and oxygen atoms in total. The quantitative estimate of drug-likeness (QED) is 0.295. The van der Waals surface area contributed by atoms with Crippen LogP contribution in [0.3, 0.4) is 0 Å². The highest BCUT2D eigenvalue weighted by molar-refractivity contribution is 14.0. The maximum atomic E-state index is 5.31. The molecule has 0 aliphatic carbocycles. The molecule has 0 bridgehead atoms. The number of guanidine groups is 1. The number of nitrogens with one attached hydrogen (secondary N) is 2. The molecule has 1 aromatic carbocycles. The monoisotopic (exact) mass is 425 g/mol. The van der Waals surface area contributed by atoms with Gasteiger partial charge in [0.1, 0.15) is 5.76 Å². The molecule has 0 unspecified atom stereocenters. The van der Waals surface area contributed by atoms with E-state index >= 15 is 0 Å². The van der Waals surface area contributed by atoms with Crippen molar-refractivity contribution in [3.05, 3.63) is 72.7 Å². The summed E-state index contributed by atoms with van der Waals surface area (Å²) < 4.78 is 5.31. The van der Waals surface area contributed by atoms with Gasteiger partial charge in [0.15, 0.2) is 5.96 Å². The summed E-state index contributed by atoms with van der Waals surface area (Å²) in [6.45, 7) is 5.94. The molecular weight excluding hydrogens is 401 g/mol.